The van der Waals surface area contributed by atoms with Gasteiger partial charge in [-0.15, -0.1) is 0 Å². The first-order chi connectivity index (χ1) is 7.13. The topological polar surface area (TPSA) is 124 Å². The summed E-state index contributed by atoms with van der Waals surface area (Å²) in [4.78, 5) is 23.1. The predicted octanol–water partition coefficient (Wildman–Crippen LogP) is -2.31. The quantitative estimate of drug-likeness (QED) is 0.549. The molecule has 0 heterocycles. The third-order valence-corrected chi connectivity index (χ3v) is 2.86. The minimum Gasteiger partial charge on any atom is -0.368 e. The number of amides is 2. The Morgan fingerprint density at radius 3 is 2.25 bits per heavy atom. The Bertz CT molecular complexity index is 365. The lowest BCUT2D eigenvalue weighted by Gasteiger charge is -2.19. The van der Waals surface area contributed by atoms with Gasteiger partial charge in [-0.1, -0.05) is 0 Å². The predicted molar refractivity (Wildman–Crippen MR) is 59.1 cm³/mol. The molecule has 94 valence electrons. The highest BCUT2D eigenvalue weighted by Gasteiger charge is 2.20. The molecule has 0 saturated heterocycles. The van der Waals surface area contributed by atoms with E-state index >= 15 is 0 Å². The second-order valence-corrected chi connectivity index (χ2v) is 5.95. The van der Waals surface area contributed by atoms with Crippen molar-refractivity contribution in [2.75, 3.05) is 25.6 Å². The van der Waals surface area contributed by atoms with Crippen LogP contribution in [-0.4, -0.2) is 56.8 Å². The standard InChI is InChI=1S/C8H17N3O4S/c1-11(5-7(10)12)8(13)6(9)3-4-16(2,14)15/h6H,3-5,9H2,1-2H3,(H2,10,12). The van der Waals surface area contributed by atoms with Gasteiger partial charge in [0.25, 0.3) is 0 Å². The van der Waals surface area contributed by atoms with Gasteiger partial charge in [0, 0.05) is 13.3 Å². The van der Waals surface area contributed by atoms with Crippen LogP contribution in [0.4, 0.5) is 0 Å². The third kappa shape index (κ3) is 6.36. The van der Waals surface area contributed by atoms with Crippen molar-refractivity contribution < 1.29 is 18.0 Å². The van der Waals surface area contributed by atoms with E-state index in [2.05, 4.69) is 0 Å². The van der Waals surface area contributed by atoms with Crippen molar-refractivity contribution in [2.24, 2.45) is 11.5 Å². The van der Waals surface area contributed by atoms with Crippen molar-refractivity contribution in [3.8, 4) is 0 Å². The molecule has 0 radical (unpaired) electrons. The fourth-order valence-corrected chi connectivity index (χ4v) is 1.74. The van der Waals surface area contributed by atoms with Crippen molar-refractivity contribution in [3.05, 3.63) is 0 Å². The van der Waals surface area contributed by atoms with E-state index in [4.69, 9.17) is 11.5 Å². The summed E-state index contributed by atoms with van der Waals surface area (Å²) in [6.07, 6.45) is 1.10. The maximum atomic E-state index is 11.5. The lowest BCUT2D eigenvalue weighted by molar-refractivity contribution is -0.134. The zero-order valence-electron chi connectivity index (χ0n) is 9.34. The van der Waals surface area contributed by atoms with E-state index in [-0.39, 0.29) is 18.7 Å². The van der Waals surface area contributed by atoms with Crippen LogP contribution in [0.5, 0.6) is 0 Å². The van der Waals surface area contributed by atoms with Crippen LogP contribution in [0.3, 0.4) is 0 Å². The summed E-state index contributed by atoms with van der Waals surface area (Å²) < 4.78 is 21.7. The molecule has 1 atom stereocenters. The number of nitrogens with two attached hydrogens (primary N) is 2. The molecule has 16 heavy (non-hydrogen) atoms. The smallest absolute Gasteiger partial charge is 0.239 e. The van der Waals surface area contributed by atoms with Crippen molar-refractivity contribution in [3.63, 3.8) is 0 Å². The van der Waals surface area contributed by atoms with E-state index in [0.29, 0.717) is 0 Å². The van der Waals surface area contributed by atoms with Crippen molar-refractivity contribution in [2.45, 2.75) is 12.5 Å². The van der Waals surface area contributed by atoms with Gasteiger partial charge in [-0.05, 0) is 6.42 Å². The van der Waals surface area contributed by atoms with Crippen LogP contribution in [-0.2, 0) is 19.4 Å². The number of nitrogens with zero attached hydrogens (tertiary/aromatic N) is 1. The first kappa shape index (κ1) is 14.8. The van der Waals surface area contributed by atoms with Crippen LogP contribution in [0.2, 0.25) is 0 Å². The van der Waals surface area contributed by atoms with Crippen molar-refractivity contribution >= 4 is 21.7 Å². The highest BCUT2D eigenvalue weighted by molar-refractivity contribution is 7.90. The Labute approximate surface area is 94.7 Å². The van der Waals surface area contributed by atoms with Gasteiger partial charge < -0.3 is 16.4 Å². The molecule has 0 aliphatic rings. The van der Waals surface area contributed by atoms with Crippen LogP contribution < -0.4 is 11.5 Å². The Kier molecular flexibility index (Phi) is 5.39. The fraction of sp³-hybridized carbons (Fsp3) is 0.750. The third-order valence-electron chi connectivity index (χ3n) is 1.89. The molecule has 4 N–H and O–H groups in total. The van der Waals surface area contributed by atoms with Gasteiger partial charge in [0.1, 0.15) is 9.84 Å². The van der Waals surface area contributed by atoms with E-state index < -0.39 is 27.7 Å². The normalized spacial score (nSPS) is 13.2. The zero-order chi connectivity index (χ0) is 12.9. The van der Waals surface area contributed by atoms with Crippen LogP contribution in [0, 0.1) is 0 Å². The molecule has 0 aromatic rings. The fourth-order valence-electron chi connectivity index (χ4n) is 1.06. The van der Waals surface area contributed by atoms with Gasteiger partial charge >= 0.3 is 0 Å². The molecule has 0 aromatic carbocycles. The second kappa shape index (κ2) is 5.80. The zero-order valence-corrected chi connectivity index (χ0v) is 10.2. The Morgan fingerprint density at radius 2 is 1.88 bits per heavy atom. The Balaban J connectivity index is 4.23. The van der Waals surface area contributed by atoms with Gasteiger partial charge in [0.15, 0.2) is 0 Å². The van der Waals surface area contributed by atoms with E-state index in [1.807, 2.05) is 0 Å². The number of hydrogen-bond donors (Lipinski definition) is 2. The van der Waals surface area contributed by atoms with E-state index in [0.717, 1.165) is 11.2 Å². The van der Waals surface area contributed by atoms with Crippen molar-refractivity contribution in [1.29, 1.82) is 0 Å². The molecule has 0 aliphatic carbocycles. The number of primary amides is 1. The van der Waals surface area contributed by atoms with Gasteiger partial charge in [0.05, 0.1) is 18.3 Å². The van der Waals surface area contributed by atoms with E-state index in [9.17, 15) is 18.0 Å². The number of carbonyl (C=O) groups excluding carboxylic acids is 2. The Morgan fingerprint density at radius 1 is 1.38 bits per heavy atom. The number of sulfone groups is 1. The molecule has 8 heteroatoms. The number of likely N-dealkylation sites (N-methyl/N-ethyl adjacent to an activating group) is 1. The molecular weight excluding hydrogens is 234 g/mol. The maximum absolute atomic E-state index is 11.5. The maximum Gasteiger partial charge on any atom is 0.239 e. The molecule has 1 unspecified atom stereocenters. The van der Waals surface area contributed by atoms with Gasteiger partial charge in [-0.25, -0.2) is 8.42 Å². The summed E-state index contributed by atoms with van der Waals surface area (Å²) in [5, 5.41) is 0. The monoisotopic (exact) mass is 251 g/mol. The van der Waals surface area contributed by atoms with E-state index in [1.165, 1.54) is 7.05 Å². The summed E-state index contributed by atoms with van der Waals surface area (Å²) in [5.74, 6) is -1.31. The molecule has 0 aromatic heterocycles. The minimum absolute atomic E-state index is 0.0285. The van der Waals surface area contributed by atoms with Gasteiger partial charge in [0.2, 0.25) is 11.8 Å². The second-order valence-electron chi connectivity index (χ2n) is 3.69. The molecule has 0 saturated carbocycles. The lowest BCUT2D eigenvalue weighted by atomic mass is 10.2. The number of carbonyl (C=O) groups is 2. The largest absolute Gasteiger partial charge is 0.368 e. The summed E-state index contributed by atoms with van der Waals surface area (Å²) in [6, 6.07) is -0.931. The van der Waals surface area contributed by atoms with Crippen molar-refractivity contribution in [1.82, 2.24) is 4.90 Å². The molecule has 7 nitrogen and oxygen atoms in total. The molecule has 0 bridgehead atoms. The van der Waals surface area contributed by atoms with Crippen LogP contribution in [0.15, 0.2) is 0 Å². The Hall–Kier alpha value is -1.15. The van der Waals surface area contributed by atoms with E-state index in [1.54, 1.807) is 0 Å². The van der Waals surface area contributed by atoms with Gasteiger partial charge in [-0.2, -0.15) is 0 Å². The van der Waals surface area contributed by atoms with Gasteiger partial charge in [-0.3, -0.25) is 9.59 Å². The SMILES string of the molecule is CN(CC(N)=O)C(=O)C(N)CCS(C)(=O)=O. The minimum atomic E-state index is -3.14. The molecule has 2 amide bonds. The number of hydrogen-bond acceptors (Lipinski definition) is 5. The van der Waals surface area contributed by atoms with Crippen LogP contribution in [0.1, 0.15) is 6.42 Å². The summed E-state index contributed by atoms with van der Waals surface area (Å²) in [5.41, 5.74) is 10.4. The summed E-state index contributed by atoms with van der Waals surface area (Å²) >= 11 is 0. The van der Waals surface area contributed by atoms with Crippen LogP contribution >= 0.6 is 0 Å². The first-order valence-corrected chi connectivity index (χ1v) is 6.66. The van der Waals surface area contributed by atoms with Crippen LogP contribution in [0.25, 0.3) is 0 Å². The summed E-state index contributed by atoms with van der Waals surface area (Å²) in [7, 11) is -1.76. The highest BCUT2D eigenvalue weighted by Crippen LogP contribution is 1.98. The summed E-state index contributed by atoms with van der Waals surface area (Å²) in [6.45, 7) is -0.231. The highest BCUT2D eigenvalue weighted by atomic mass is 32.2. The average molecular weight is 251 g/mol. The lowest BCUT2D eigenvalue weighted by Crippen LogP contribution is -2.45. The molecule has 0 aliphatic heterocycles. The molecule has 0 fully saturated rings. The number of rotatable bonds is 6. The molecule has 0 spiro atoms. The molecule has 0 rings (SSSR count). The molecular formula is C8H17N3O4S. The first-order valence-electron chi connectivity index (χ1n) is 4.60. The average Bonchev–Trinajstić information content (AvgIpc) is 2.10.